The summed E-state index contributed by atoms with van der Waals surface area (Å²) in [5.74, 6) is 0.314. The summed E-state index contributed by atoms with van der Waals surface area (Å²) in [5, 5.41) is 5.73. The minimum absolute atomic E-state index is 0.0439. The molecule has 1 saturated heterocycles. The van der Waals surface area contributed by atoms with Crippen molar-refractivity contribution in [1.82, 2.24) is 5.32 Å². The van der Waals surface area contributed by atoms with Crippen molar-refractivity contribution in [1.29, 1.82) is 0 Å². The number of hydrogen-bond acceptors (Lipinski definition) is 4. The van der Waals surface area contributed by atoms with Crippen molar-refractivity contribution < 1.29 is 19.1 Å². The number of anilines is 1. The molecule has 2 rings (SSSR count). The molecule has 2 amide bonds. The first-order valence-electron chi connectivity index (χ1n) is 8.90. The van der Waals surface area contributed by atoms with E-state index in [0.717, 1.165) is 18.4 Å². The molecule has 0 spiro atoms. The van der Waals surface area contributed by atoms with Crippen molar-refractivity contribution in [2.24, 2.45) is 5.92 Å². The van der Waals surface area contributed by atoms with Crippen LogP contribution in [0.5, 0.6) is 0 Å². The number of carbonyl (C=O) groups excluding carboxylic acids is 2. The Morgan fingerprint density at radius 1 is 1.36 bits per heavy atom. The van der Waals surface area contributed by atoms with E-state index in [1.54, 1.807) is 0 Å². The standard InChI is InChI=1S/C19H28N2O4/c1-14(2)13-24-10-8-18(22)20-12-15-5-3-6-16(11-15)21-19(23)17-7-4-9-25-17/h3,5-6,11,14,17H,4,7-10,12-13H2,1-2H3,(H,20,22)(H,21,23). The van der Waals surface area contributed by atoms with Crippen LogP contribution in [0.15, 0.2) is 24.3 Å². The Kier molecular flexibility index (Phi) is 7.88. The van der Waals surface area contributed by atoms with Crippen LogP contribution in [0.3, 0.4) is 0 Å². The second-order valence-electron chi connectivity index (χ2n) is 6.69. The number of benzene rings is 1. The highest BCUT2D eigenvalue weighted by Gasteiger charge is 2.23. The average molecular weight is 348 g/mol. The van der Waals surface area contributed by atoms with E-state index in [2.05, 4.69) is 24.5 Å². The fourth-order valence-electron chi connectivity index (χ4n) is 2.54. The minimum Gasteiger partial charge on any atom is -0.381 e. The zero-order valence-corrected chi connectivity index (χ0v) is 15.0. The monoisotopic (exact) mass is 348 g/mol. The average Bonchev–Trinajstić information content (AvgIpc) is 3.12. The van der Waals surface area contributed by atoms with Crippen molar-refractivity contribution in [3.8, 4) is 0 Å². The first-order chi connectivity index (χ1) is 12.0. The van der Waals surface area contributed by atoms with Crippen LogP contribution < -0.4 is 10.6 Å². The lowest BCUT2D eigenvalue weighted by Crippen LogP contribution is -2.27. The Morgan fingerprint density at radius 2 is 2.20 bits per heavy atom. The number of carbonyl (C=O) groups is 2. The van der Waals surface area contributed by atoms with E-state index in [0.29, 0.717) is 44.4 Å². The Balaban J connectivity index is 1.73. The van der Waals surface area contributed by atoms with E-state index in [1.165, 1.54) is 0 Å². The highest BCUT2D eigenvalue weighted by atomic mass is 16.5. The molecule has 0 bridgehead atoms. The van der Waals surface area contributed by atoms with Crippen LogP contribution in [0, 0.1) is 5.92 Å². The SMILES string of the molecule is CC(C)COCCC(=O)NCc1cccc(NC(=O)C2CCCO2)c1. The number of hydrogen-bond donors (Lipinski definition) is 2. The summed E-state index contributed by atoms with van der Waals surface area (Å²) >= 11 is 0. The fraction of sp³-hybridized carbons (Fsp3) is 0.579. The molecule has 1 unspecified atom stereocenters. The van der Waals surface area contributed by atoms with Gasteiger partial charge in [0.15, 0.2) is 0 Å². The minimum atomic E-state index is -0.353. The van der Waals surface area contributed by atoms with E-state index in [1.807, 2.05) is 24.3 Å². The molecule has 0 radical (unpaired) electrons. The molecule has 1 atom stereocenters. The van der Waals surface area contributed by atoms with Gasteiger partial charge in [0.2, 0.25) is 5.91 Å². The molecule has 1 fully saturated rings. The summed E-state index contributed by atoms with van der Waals surface area (Å²) in [4.78, 5) is 23.9. The summed E-state index contributed by atoms with van der Waals surface area (Å²) in [5.41, 5.74) is 1.65. The van der Waals surface area contributed by atoms with Gasteiger partial charge in [0.25, 0.3) is 5.91 Å². The van der Waals surface area contributed by atoms with Crippen molar-refractivity contribution in [3.05, 3.63) is 29.8 Å². The molecule has 1 heterocycles. The predicted octanol–water partition coefficient (Wildman–Crippen LogP) is 2.48. The lowest BCUT2D eigenvalue weighted by Gasteiger charge is -2.12. The van der Waals surface area contributed by atoms with Gasteiger partial charge in [-0.2, -0.15) is 0 Å². The van der Waals surface area contributed by atoms with Crippen LogP contribution >= 0.6 is 0 Å². The van der Waals surface area contributed by atoms with Gasteiger partial charge < -0.3 is 20.1 Å². The molecule has 1 aromatic rings. The first kappa shape index (κ1) is 19.4. The van der Waals surface area contributed by atoms with Crippen molar-refractivity contribution in [2.45, 2.75) is 45.8 Å². The lowest BCUT2D eigenvalue weighted by molar-refractivity contribution is -0.124. The first-order valence-corrected chi connectivity index (χ1v) is 8.90. The quantitative estimate of drug-likeness (QED) is 0.672. The van der Waals surface area contributed by atoms with Crippen LogP contribution in [0.1, 0.15) is 38.7 Å². The third kappa shape index (κ3) is 7.23. The Morgan fingerprint density at radius 3 is 2.92 bits per heavy atom. The molecule has 0 saturated carbocycles. The van der Waals surface area contributed by atoms with Gasteiger partial charge in [-0.25, -0.2) is 0 Å². The predicted molar refractivity (Wildman–Crippen MR) is 96.2 cm³/mol. The summed E-state index contributed by atoms with van der Waals surface area (Å²) in [6.45, 7) is 6.31. The van der Waals surface area contributed by atoms with Crippen LogP contribution in [0.2, 0.25) is 0 Å². The Hall–Kier alpha value is -1.92. The molecule has 0 aliphatic carbocycles. The smallest absolute Gasteiger partial charge is 0.253 e. The summed E-state index contributed by atoms with van der Waals surface area (Å²) < 4.78 is 10.8. The second-order valence-corrected chi connectivity index (χ2v) is 6.69. The van der Waals surface area contributed by atoms with E-state index in [9.17, 15) is 9.59 Å². The van der Waals surface area contributed by atoms with Crippen molar-refractivity contribution in [3.63, 3.8) is 0 Å². The largest absolute Gasteiger partial charge is 0.381 e. The van der Waals surface area contributed by atoms with E-state index < -0.39 is 0 Å². The highest BCUT2D eigenvalue weighted by molar-refractivity contribution is 5.94. The molecule has 1 aliphatic rings. The van der Waals surface area contributed by atoms with E-state index >= 15 is 0 Å². The Bertz CT molecular complexity index is 568. The van der Waals surface area contributed by atoms with Gasteiger partial charge in [-0.1, -0.05) is 26.0 Å². The summed E-state index contributed by atoms with van der Waals surface area (Å²) in [6, 6.07) is 7.47. The topological polar surface area (TPSA) is 76.7 Å². The molecule has 138 valence electrons. The van der Waals surface area contributed by atoms with E-state index in [4.69, 9.17) is 9.47 Å². The van der Waals surface area contributed by atoms with Gasteiger partial charge in [-0.05, 0) is 36.5 Å². The van der Waals surface area contributed by atoms with Gasteiger partial charge in [-0.15, -0.1) is 0 Å². The maximum absolute atomic E-state index is 12.1. The number of amides is 2. The summed E-state index contributed by atoms with van der Waals surface area (Å²) in [6.07, 6.45) is 1.68. The molecule has 1 aromatic carbocycles. The van der Waals surface area contributed by atoms with E-state index in [-0.39, 0.29) is 17.9 Å². The van der Waals surface area contributed by atoms with Gasteiger partial charge in [-0.3, -0.25) is 9.59 Å². The number of nitrogens with one attached hydrogen (secondary N) is 2. The zero-order valence-electron chi connectivity index (χ0n) is 15.0. The number of ether oxygens (including phenoxy) is 2. The molecule has 0 aromatic heterocycles. The number of rotatable bonds is 9. The van der Waals surface area contributed by atoms with Crippen LogP contribution in [-0.4, -0.2) is 37.7 Å². The van der Waals surface area contributed by atoms with Crippen LogP contribution in [0.4, 0.5) is 5.69 Å². The van der Waals surface area contributed by atoms with Gasteiger partial charge >= 0.3 is 0 Å². The molecule has 1 aliphatic heterocycles. The lowest BCUT2D eigenvalue weighted by atomic mass is 10.2. The second kappa shape index (κ2) is 10.2. The van der Waals surface area contributed by atoms with Crippen LogP contribution in [-0.2, 0) is 25.6 Å². The third-order valence-corrected chi connectivity index (χ3v) is 3.83. The van der Waals surface area contributed by atoms with Crippen LogP contribution in [0.25, 0.3) is 0 Å². The third-order valence-electron chi connectivity index (χ3n) is 3.83. The Labute approximate surface area is 149 Å². The van der Waals surface area contributed by atoms with Gasteiger partial charge in [0, 0.05) is 31.9 Å². The van der Waals surface area contributed by atoms with Crippen molar-refractivity contribution >= 4 is 17.5 Å². The van der Waals surface area contributed by atoms with Crippen molar-refractivity contribution in [2.75, 3.05) is 25.1 Å². The maximum atomic E-state index is 12.1. The fourth-order valence-corrected chi connectivity index (χ4v) is 2.54. The highest BCUT2D eigenvalue weighted by Crippen LogP contribution is 2.16. The molecular weight excluding hydrogens is 320 g/mol. The molecule has 6 nitrogen and oxygen atoms in total. The molecule has 6 heteroatoms. The van der Waals surface area contributed by atoms with Gasteiger partial charge in [0.05, 0.1) is 6.61 Å². The molecule has 25 heavy (non-hydrogen) atoms. The maximum Gasteiger partial charge on any atom is 0.253 e. The summed E-state index contributed by atoms with van der Waals surface area (Å²) in [7, 11) is 0. The zero-order chi connectivity index (χ0) is 18.1. The molecule has 2 N–H and O–H groups in total. The molecular formula is C19H28N2O4. The van der Waals surface area contributed by atoms with Gasteiger partial charge in [0.1, 0.15) is 6.10 Å². The normalized spacial score (nSPS) is 16.8.